The highest BCUT2D eigenvalue weighted by atomic mass is 16.5. The summed E-state index contributed by atoms with van der Waals surface area (Å²) >= 11 is 0. The molecule has 5 heteroatoms. The number of aromatic hydroxyl groups is 1. The molecular weight excluding hydrogens is 270 g/mol. The summed E-state index contributed by atoms with van der Waals surface area (Å²) in [5, 5.41) is 12.3. The zero-order valence-corrected chi connectivity index (χ0v) is 11.9. The lowest BCUT2D eigenvalue weighted by Crippen LogP contribution is -2.20. The van der Waals surface area contributed by atoms with E-state index < -0.39 is 0 Å². The predicted octanol–water partition coefficient (Wildman–Crippen LogP) is 2.73. The van der Waals surface area contributed by atoms with Crippen LogP contribution < -0.4 is 14.8 Å². The molecule has 2 rings (SSSR count). The van der Waals surface area contributed by atoms with E-state index in [4.69, 9.17) is 9.47 Å². The van der Waals surface area contributed by atoms with Gasteiger partial charge in [-0.15, -0.1) is 0 Å². The van der Waals surface area contributed by atoms with E-state index in [1.54, 1.807) is 36.4 Å². The molecule has 5 nitrogen and oxygen atoms in total. The monoisotopic (exact) mass is 287 g/mol. The highest BCUT2D eigenvalue weighted by molar-refractivity contribution is 5.93. The van der Waals surface area contributed by atoms with Crippen LogP contribution in [0.15, 0.2) is 42.5 Å². The summed E-state index contributed by atoms with van der Waals surface area (Å²) in [7, 11) is 1.53. The number of methoxy groups -OCH3 is 1. The van der Waals surface area contributed by atoms with Crippen LogP contribution in [0.1, 0.15) is 5.56 Å². The summed E-state index contributed by atoms with van der Waals surface area (Å²) in [5.74, 6) is 0.715. The Bertz CT molecular complexity index is 640. The van der Waals surface area contributed by atoms with Crippen molar-refractivity contribution in [2.45, 2.75) is 6.92 Å². The van der Waals surface area contributed by atoms with Gasteiger partial charge in [-0.3, -0.25) is 4.79 Å². The fourth-order valence-electron chi connectivity index (χ4n) is 1.82. The molecule has 1 amide bonds. The predicted molar refractivity (Wildman–Crippen MR) is 80.0 cm³/mol. The van der Waals surface area contributed by atoms with Crippen molar-refractivity contribution >= 4 is 11.6 Å². The van der Waals surface area contributed by atoms with Crippen molar-refractivity contribution in [3.8, 4) is 17.2 Å². The van der Waals surface area contributed by atoms with Gasteiger partial charge in [0.15, 0.2) is 18.1 Å². The minimum Gasteiger partial charge on any atom is -0.506 e. The van der Waals surface area contributed by atoms with E-state index in [1.165, 1.54) is 7.11 Å². The zero-order valence-electron chi connectivity index (χ0n) is 11.9. The van der Waals surface area contributed by atoms with Gasteiger partial charge in [0.25, 0.3) is 5.91 Å². The van der Waals surface area contributed by atoms with Gasteiger partial charge in [-0.1, -0.05) is 18.2 Å². The molecule has 0 fully saturated rings. The van der Waals surface area contributed by atoms with Crippen molar-refractivity contribution in [1.82, 2.24) is 0 Å². The third-order valence-corrected chi connectivity index (χ3v) is 2.86. The van der Waals surface area contributed by atoms with Crippen molar-refractivity contribution in [3.05, 3.63) is 48.0 Å². The Morgan fingerprint density at radius 2 is 1.90 bits per heavy atom. The van der Waals surface area contributed by atoms with Gasteiger partial charge in [0.1, 0.15) is 5.75 Å². The smallest absolute Gasteiger partial charge is 0.262 e. The quantitative estimate of drug-likeness (QED) is 0.830. The number of carbonyl (C=O) groups excluding carboxylic acids is 1. The van der Waals surface area contributed by atoms with Gasteiger partial charge >= 0.3 is 0 Å². The van der Waals surface area contributed by atoms with E-state index in [1.807, 2.05) is 13.0 Å². The van der Waals surface area contributed by atoms with Gasteiger partial charge in [-0.2, -0.15) is 0 Å². The minimum absolute atomic E-state index is 0.0284. The molecule has 0 saturated carbocycles. The maximum atomic E-state index is 11.8. The maximum absolute atomic E-state index is 11.8. The summed E-state index contributed by atoms with van der Waals surface area (Å²) in [6.45, 7) is 1.68. The molecule has 0 aromatic heterocycles. The van der Waals surface area contributed by atoms with Gasteiger partial charge in [0, 0.05) is 0 Å². The Morgan fingerprint density at radius 1 is 1.19 bits per heavy atom. The topological polar surface area (TPSA) is 67.8 Å². The Labute approximate surface area is 123 Å². The third-order valence-electron chi connectivity index (χ3n) is 2.86. The van der Waals surface area contributed by atoms with Crippen LogP contribution in [0.25, 0.3) is 0 Å². The Kier molecular flexibility index (Phi) is 4.66. The first kappa shape index (κ1) is 14.7. The molecule has 0 radical (unpaired) electrons. The number of phenols is 1. The number of phenolic OH excluding ortho intramolecular Hbond substituents is 1. The van der Waals surface area contributed by atoms with Crippen LogP contribution in [0, 0.1) is 6.92 Å². The molecule has 0 atom stereocenters. The molecule has 0 aliphatic carbocycles. The molecule has 0 unspecified atom stereocenters. The first-order chi connectivity index (χ1) is 10.1. The van der Waals surface area contributed by atoms with Crippen LogP contribution in [0.3, 0.4) is 0 Å². The number of carbonyl (C=O) groups is 1. The van der Waals surface area contributed by atoms with Crippen molar-refractivity contribution in [2.24, 2.45) is 0 Å². The van der Waals surface area contributed by atoms with Gasteiger partial charge < -0.3 is 19.9 Å². The molecule has 0 saturated heterocycles. The van der Waals surface area contributed by atoms with Crippen molar-refractivity contribution in [1.29, 1.82) is 0 Å². The number of rotatable bonds is 5. The molecule has 2 N–H and O–H groups in total. The molecule has 110 valence electrons. The highest BCUT2D eigenvalue weighted by Gasteiger charge is 2.09. The Balaban J connectivity index is 1.96. The SMILES string of the molecule is COc1ccccc1OCC(=O)Nc1ccc(C)cc1O. The average Bonchev–Trinajstić information content (AvgIpc) is 2.48. The molecule has 0 heterocycles. The van der Waals surface area contributed by atoms with E-state index in [9.17, 15) is 9.90 Å². The minimum atomic E-state index is -0.361. The first-order valence-electron chi connectivity index (χ1n) is 6.45. The van der Waals surface area contributed by atoms with Crippen LogP contribution in [0.4, 0.5) is 5.69 Å². The van der Waals surface area contributed by atoms with Gasteiger partial charge in [-0.05, 0) is 36.8 Å². The lowest BCUT2D eigenvalue weighted by atomic mass is 10.2. The number of amides is 1. The second-order valence-corrected chi connectivity index (χ2v) is 4.51. The summed E-state index contributed by atoms with van der Waals surface area (Å²) < 4.78 is 10.5. The average molecular weight is 287 g/mol. The molecule has 0 bridgehead atoms. The molecule has 2 aromatic rings. The van der Waals surface area contributed by atoms with Gasteiger partial charge in [-0.25, -0.2) is 0 Å². The van der Waals surface area contributed by atoms with E-state index in [2.05, 4.69) is 5.32 Å². The lowest BCUT2D eigenvalue weighted by Gasteiger charge is -2.11. The van der Waals surface area contributed by atoms with E-state index in [0.29, 0.717) is 17.2 Å². The molecule has 0 aliphatic heterocycles. The van der Waals surface area contributed by atoms with E-state index in [-0.39, 0.29) is 18.3 Å². The fraction of sp³-hybridized carbons (Fsp3) is 0.188. The molecule has 0 aliphatic rings. The normalized spacial score (nSPS) is 10.0. The third kappa shape index (κ3) is 3.89. The van der Waals surface area contributed by atoms with Crippen LogP contribution in [-0.2, 0) is 4.79 Å². The van der Waals surface area contributed by atoms with Crippen LogP contribution in [-0.4, -0.2) is 24.7 Å². The zero-order chi connectivity index (χ0) is 15.2. The second-order valence-electron chi connectivity index (χ2n) is 4.51. The van der Waals surface area contributed by atoms with Crippen LogP contribution >= 0.6 is 0 Å². The number of ether oxygens (including phenoxy) is 2. The standard InChI is InChI=1S/C16H17NO4/c1-11-7-8-12(13(18)9-11)17-16(19)10-21-15-6-4-3-5-14(15)20-2/h3-9,18H,10H2,1-2H3,(H,17,19). The van der Waals surface area contributed by atoms with Crippen LogP contribution in [0.2, 0.25) is 0 Å². The number of nitrogens with one attached hydrogen (secondary N) is 1. The molecule has 0 spiro atoms. The number of hydrogen-bond acceptors (Lipinski definition) is 4. The summed E-state index contributed by atoms with van der Waals surface area (Å²) in [6, 6.07) is 12.1. The second kappa shape index (κ2) is 6.65. The number of hydrogen-bond donors (Lipinski definition) is 2. The first-order valence-corrected chi connectivity index (χ1v) is 6.45. The van der Waals surface area contributed by atoms with Crippen molar-refractivity contribution in [3.63, 3.8) is 0 Å². The lowest BCUT2D eigenvalue weighted by molar-refractivity contribution is -0.118. The molecule has 21 heavy (non-hydrogen) atoms. The van der Waals surface area contributed by atoms with Crippen molar-refractivity contribution < 1.29 is 19.4 Å². The summed E-state index contributed by atoms with van der Waals surface area (Å²) in [4.78, 5) is 11.8. The highest BCUT2D eigenvalue weighted by Crippen LogP contribution is 2.26. The molecule has 2 aromatic carbocycles. The summed E-state index contributed by atoms with van der Waals surface area (Å²) in [6.07, 6.45) is 0. The fourth-order valence-corrected chi connectivity index (χ4v) is 1.82. The van der Waals surface area contributed by atoms with E-state index in [0.717, 1.165) is 5.56 Å². The van der Waals surface area contributed by atoms with Crippen LogP contribution in [0.5, 0.6) is 17.2 Å². The van der Waals surface area contributed by atoms with Gasteiger partial charge in [0.2, 0.25) is 0 Å². The largest absolute Gasteiger partial charge is 0.506 e. The number of para-hydroxylation sites is 2. The number of anilines is 1. The molecular formula is C16H17NO4. The Morgan fingerprint density at radius 3 is 2.57 bits per heavy atom. The number of aryl methyl sites for hydroxylation is 1. The number of benzene rings is 2. The maximum Gasteiger partial charge on any atom is 0.262 e. The van der Waals surface area contributed by atoms with Gasteiger partial charge in [0.05, 0.1) is 12.8 Å². The van der Waals surface area contributed by atoms with E-state index >= 15 is 0 Å². The summed E-state index contributed by atoms with van der Waals surface area (Å²) in [5.41, 5.74) is 1.27. The Hall–Kier alpha value is -2.69. The van der Waals surface area contributed by atoms with Crippen molar-refractivity contribution in [2.75, 3.05) is 19.0 Å².